The van der Waals surface area contributed by atoms with Crippen LogP contribution in [0.25, 0.3) is 10.9 Å². The van der Waals surface area contributed by atoms with Crippen molar-refractivity contribution in [1.82, 2.24) is 15.2 Å². The Bertz CT molecular complexity index is 959. The fraction of sp³-hybridized carbons (Fsp3) is 0.400. The van der Waals surface area contributed by atoms with Crippen molar-refractivity contribution >= 4 is 10.9 Å². The van der Waals surface area contributed by atoms with Crippen molar-refractivity contribution < 1.29 is 14.6 Å². The van der Waals surface area contributed by atoms with E-state index in [1.54, 1.807) is 13.3 Å². The number of nitrogens with zero attached hydrogens (tertiary/aromatic N) is 2. The molecule has 6 nitrogen and oxygen atoms in total. The summed E-state index contributed by atoms with van der Waals surface area (Å²) in [7, 11) is 1.63. The van der Waals surface area contributed by atoms with Crippen LogP contribution in [0.1, 0.15) is 24.5 Å². The average molecular weight is 422 g/mol. The number of ether oxygens (including phenoxy) is 2. The summed E-state index contributed by atoms with van der Waals surface area (Å²) in [6.07, 6.45) is 3.30. The van der Waals surface area contributed by atoms with Crippen LogP contribution in [0.5, 0.6) is 11.5 Å². The summed E-state index contributed by atoms with van der Waals surface area (Å²) in [5.74, 6) is 1.62. The van der Waals surface area contributed by atoms with Gasteiger partial charge in [-0.2, -0.15) is 0 Å². The zero-order valence-electron chi connectivity index (χ0n) is 18.0. The number of hydrogen-bond acceptors (Lipinski definition) is 6. The van der Waals surface area contributed by atoms with Gasteiger partial charge in [0, 0.05) is 24.5 Å². The Morgan fingerprint density at radius 3 is 2.68 bits per heavy atom. The third kappa shape index (κ3) is 5.73. The Balaban J connectivity index is 1.24. The zero-order chi connectivity index (χ0) is 21.5. The van der Waals surface area contributed by atoms with Gasteiger partial charge < -0.3 is 24.8 Å². The summed E-state index contributed by atoms with van der Waals surface area (Å²) in [6, 6.07) is 18.3. The highest BCUT2D eigenvalue weighted by molar-refractivity contribution is 5.83. The van der Waals surface area contributed by atoms with Crippen molar-refractivity contribution in [1.29, 1.82) is 0 Å². The van der Waals surface area contributed by atoms with E-state index in [1.807, 2.05) is 54.6 Å². The molecule has 0 radical (unpaired) electrons. The predicted molar refractivity (Wildman–Crippen MR) is 123 cm³/mol. The number of piperidine rings is 1. The first-order valence-electron chi connectivity index (χ1n) is 11.0. The number of pyridine rings is 1. The number of fused-ring (bicyclic) bond motifs is 1. The number of aliphatic hydroxyl groups is 1. The molecule has 31 heavy (non-hydrogen) atoms. The van der Waals surface area contributed by atoms with E-state index in [1.165, 1.54) is 0 Å². The summed E-state index contributed by atoms with van der Waals surface area (Å²) in [5, 5.41) is 15.5. The van der Waals surface area contributed by atoms with Crippen molar-refractivity contribution in [3.63, 3.8) is 0 Å². The van der Waals surface area contributed by atoms with Crippen molar-refractivity contribution in [2.75, 3.05) is 39.9 Å². The maximum absolute atomic E-state index is 10.9. The van der Waals surface area contributed by atoms with E-state index in [9.17, 15) is 5.11 Å². The van der Waals surface area contributed by atoms with E-state index in [4.69, 9.17) is 9.47 Å². The molecule has 1 aliphatic heterocycles. The van der Waals surface area contributed by atoms with Gasteiger partial charge in [-0.3, -0.25) is 4.98 Å². The Morgan fingerprint density at radius 1 is 1.10 bits per heavy atom. The van der Waals surface area contributed by atoms with E-state index in [0.29, 0.717) is 24.9 Å². The van der Waals surface area contributed by atoms with Gasteiger partial charge in [-0.1, -0.05) is 30.3 Å². The summed E-state index contributed by atoms with van der Waals surface area (Å²) < 4.78 is 11.1. The molecule has 6 heteroatoms. The first kappa shape index (κ1) is 21.6. The second-order valence-corrected chi connectivity index (χ2v) is 8.00. The highest BCUT2D eigenvalue weighted by Gasteiger charge is 2.22. The minimum Gasteiger partial charge on any atom is -0.495 e. The molecular formula is C25H31N3O3. The Labute approximate surface area is 183 Å². The van der Waals surface area contributed by atoms with E-state index in [2.05, 4.69) is 15.2 Å². The lowest BCUT2D eigenvalue weighted by Crippen LogP contribution is -2.44. The molecule has 0 spiro atoms. The molecule has 2 N–H and O–H groups in total. The van der Waals surface area contributed by atoms with Crippen LogP contribution >= 0.6 is 0 Å². The van der Waals surface area contributed by atoms with Gasteiger partial charge in [0.2, 0.25) is 0 Å². The SMILES string of the molecule is COc1cnc2cccc(C(O)CN3CCC(NCCOc4ccccc4)CC3)c2c1. The fourth-order valence-electron chi connectivity index (χ4n) is 4.17. The molecule has 4 rings (SSSR count). The molecule has 1 unspecified atom stereocenters. The maximum Gasteiger partial charge on any atom is 0.137 e. The van der Waals surface area contributed by atoms with E-state index >= 15 is 0 Å². The van der Waals surface area contributed by atoms with Gasteiger partial charge in [0.05, 0.1) is 24.9 Å². The number of nitrogens with one attached hydrogen (secondary N) is 1. The minimum absolute atomic E-state index is 0.499. The largest absolute Gasteiger partial charge is 0.495 e. The predicted octanol–water partition coefficient (Wildman–Crippen LogP) is 3.41. The number of aromatic nitrogens is 1. The molecule has 1 saturated heterocycles. The van der Waals surface area contributed by atoms with Gasteiger partial charge in [-0.15, -0.1) is 0 Å². The van der Waals surface area contributed by atoms with Gasteiger partial charge >= 0.3 is 0 Å². The average Bonchev–Trinajstić information content (AvgIpc) is 2.82. The second-order valence-electron chi connectivity index (χ2n) is 8.00. The number of para-hydroxylation sites is 1. The Morgan fingerprint density at radius 2 is 1.90 bits per heavy atom. The molecule has 164 valence electrons. The van der Waals surface area contributed by atoms with Gasteiger partial charge in [-0.05, 0) is 55.8 Å². The summed E-state index contributed by atoms with van der Waals surface area (Å²) in [4.78, 5) is 6.78. The van der Waals surface area contributed by atoms with E-state index in [0.717, 1.165) is 54.7 Å². The highest BCUT2D eigenvalue weighted by atomic mass is 16.5. The number of benzene rings is 2. The van der Waals surface area contributed by atoms with E-state index < -0.39 is 6.10 Å². The van der Waals surface area contributed by atoms with Crippen LogP contribution in [0, 0.1) is 0 Å². The van der Waals surface area contributed by atoms with Crippen LogP contribution in [-0.4, -0.2) is 60.9 Å². The summed E-state index contributed by atoms with van der Waals surface area (Å²) >= 11 is 0. The standard InChI is InChI=1S/C25H31N3O3/c1-30-21-16-23-22(8-5-9-24(23)27-17-21)25(29)18-28-13-10-19(11-14-28)26-12-15-31-20-6-3-2-4-7-20/h2-9,16-17,19,25-26,29H,10-15,18H2,1H3. The van der Waals surface area contributed by atoms with Crippen molar-refractivity contribution in [3.8, 4) is 11.5 Å². The van der Waals surface area contributed by atoms with Crippen LogP contribution in [0.2, 0.25) is 0 Å². The number of β-amino-alcohol motifs (C(OH)–C–C–N with tert-alkyl or cyclic N) is 1. The molecule has 1 fully saturated rings. The third-order valence-electron chi connectivity index (χ3n) is 5.89. The smallest absolute Gasteiger partial charge is 0.137 e. The normalized spacial score (nSPS) is 16.3. The van der Waals surface area contributed by atoms with Crippen molar-refractivity contribution in [2.24, 2.45) is 0 Å². The van der Waals surface area contributed by atoms with Gasteiger partial charge in [0.15, 0.2) is 0 Å². The molecule has 2 heterocycles. The third-order valence-corrected chi connectivity index (χ3v) is 5.89. The second kappa shape index (κ2) is 10.6. The molecule has 0 bridgehead atoms. The fourth-order valence-corrected chi connectivity index (χ4v) is 4.17. The van der Waals surface area contributed by atoms with Crippen molar-refractivity contribution in [2.45, 2.75) is 25.0 Å². The quantitative estimate of drug-likeness (QED) is 0.516. The molecular weight excluding hydrogens is 390 g/mol. The molecule has 3 aromatic rings. The maximum atomic E-state index is 10.9. The Kier molecular flexibility index (Phi) is 7.35. The van der Waals surface area contributed by atoms with E-state index in [-0.39, 0.29) is 0 Å². The van der Waals surface area contributed by atoms with Crippen molar-refractivity contribution in [3.05, 3.63) is 66.4 Å². The lowest BCUT2D eigenvalue weighted by atomic mass is 10.0. The molecule has 1 aromatic heterocycles. The van der Waals surface area contributed by atoms with Gasteiger partial charge in [-0.25, -0.2) is 0 Å². The number of rotatable bonds is 9. The number of hydrogen-bond donors (Lipinski definition) is 2. The molecule has 0 saturated carbocycles. The monoisotopic (exact) mass is 421 g/mol. The lowest BCUT2D eigenvalue weighted by molar-refractivity contribution is 0.0946. The Hall–Kier alpha value is -2.67. The minimum atomic E-state index is -0.554. The van der Waals surface area contributed by atoms with Crippen LogP contribution in [0.3, 0.4) is 0 Å². The zero-order valence-corrected chi connectivity index (χ0v) is 18.0. The first-order chi connectivity index (χ1) is 15.2. The van der Waals surface area contributed by atoms with Crippen LogP contribution in [0.4, 0.5) is 0 Å². The molecule has 1 aliphatic rings. The number of aliphatic hydroxyl groups excluding tert-OH is 1. The molecule has 2 aromatic carbocycles. The first-order valence-corrected chi connectivity index (χ1v) is 11.0. The molecule has 0 amide bonds. The van der Waals surface area contributed by atoms with Gasteiger partial charge in [0.1, 0.15) is 18.1 Å². The number of likely N-dealkylation sites (tertiary alicyclic amines) is 1. The van der Waals surface area contributed by atoms with Crippen LogP contribution < -0.4 is 14.8 Å². The topological polar surface area (TPSA) is 66.9 Å². The van der Waals surface area contributed by atoms with Crippen LogP contribution in [0.15, 0.2) is 60.8 Å². The van der Waals surface area contributed by atoms with Gasteiger partial charge in [0.25, 0.3) is 0 Å². The highest BCUT2D eigenvalue weighted by Crippen LogP contribution is 2.27. The van der Waals surface area contributed by atoms with Crippen LogP contribution in [-0.2, 0) is 0 Å². The lowest BCUT2D eigenvalue weighted by Gasteiger charge is -2.33. The molecule has 1 atom stereocenters. The number of methoxy groups -OCH3 is 1. The summed E-state index contributed by atoms with van der Waals surface area (Å²) in [6.45, 7) is 4.08. The molecule has 0 aliphatic carbocycles. The summed E-state index contributed by atoms with van der Waals surface area (Å²) in [5.41, 5.74) is 1.78.